The number of nitrogens with zero attached hydrogens (tertiary/aromatic N) is 2. The Balaban J connectivity index is 1.38. The van der Waals surface area contributed by atoms with Gasteiger partial charge in [-0.1, -0.05) is 59.9 Å². The Morgan fingerprint density at radius 1 is 1.08 bits per heavy atom. The molecule has 4 nitrogen and oxygen atoms in total. The van der Waals surface area contributed by atoms with Gasteiger partial charge in [-0.25, -0.2) is 4.39 Å². The first kappa shape index (κ1) is 17.1. The fourth-order valence-electron chi connectivity index (χ4n) is 3.15. The van der Waals surface area contributed by atoms with E-state index in [1.807, 2.05) is 36.4 Å². The highest BCUT2D eigenvalue weighted by Crippen LogP contribution is 2.54. The summed E-state index contributed by atoms with van der Waals surface area (Å²) in [6.07, 6.45) is 1.92. The van der Waals surface area contributed by atoms with Crippen molar-refractivity contribution in [3.05, 3.63) is 76.5 Å². The zero-order chi connectivity index (χ0) is 18.0. The molecule has 3 aromatic rings. The van der Waals surface area contributed by atoms with Gasteiger partial charge in [0.05, 0.1) is 6.10 Å². The second kappa shape index (κ2) is 7.13. The smallest absolute Gasteiger partial charge is 0.205 e. The maximum atomic E-state index is 13.8. The molecule has 134 valence electrons. The van der Waals surface area contributed by atoms with Crippen LogP contribution in [0.15, 0.2) is 54.6 Å². The van der Waals surface area contributed by atoms with Crippen LogP contribution in [0, 0.1) is 11.2 Å². The largest absolute Gasteiger partial charge is 0.388 e. The normalized spacial score (nSPS) is 16.2. The molecule has 1 aliphatic rings. The molecule has 2 N–H and O–H groups in total. The van der Waals surface area contributed by atoms with Crippen molar-refractivity contribution in [3.63, 3.8) is 0 Å². The summed E-state index contributed by atoms with van der Waals surface area (Å²) in [6, 6.07) is 16.5. The van der Waals surface area contributed by atoms with Gasteiger partial charge in [0.2, 0.25) is 5.13 Å². The van der Waals surface area contributed by atoms with Crippen molar-refractivity contribution in [1.29, 1.82) is 0 Å². The highest BCUT2D eigenvalue weighted by Gasteiger charge is 2.49. The summed E-state index contributed by atoms with van der Waals surface area (Å²) in [5.41, 5.74) is 1.43. The van der Waals surface area contributed by atoms with E-state index in [1.165, 1.54) is 17.4 Å². The van der Waals surface area contributed by atoms with Crippen LogP contribution < -0.4 is 5.32 Å². The summed E-state index contributed by atoms with van der Waals surface area (Å²) < 4.78 is 13.8. The van der Waals surface area contributed by atoms with Gasteiger partial charge in [0, 0.05) is 18.4 Å². The number of hydrogen-bond donors (Lipinski definition) is 2. The van der Waals surface area contributed by atoms with Crippen LogP contribution >= 0.6 is 11.3 Å². The molecule has 26 heavy (non-hydrogen) atoms. The summed E-state index contributed by atoms with van der Waals surface area (Å²) in [4.78, 5) is 0. The van der Waals surface area contributed by atoms with Crippen LogP contribution in [0.2, 0.25) is 0 Å². The van der Waals surface area contributed by atoms with E-state index in [4.69, 9.17) is 0 Å². The molecule has 0 aliphatic heterocycles. The molecule has 2 aromatic carbocycles. The molecule has 1 aromatic heterocycles. The molecule has 1 aliphatic carbocycles. The van der Waals surface area contributed by atoms with Crippen LogP contribution in [-0.2, 0) is 6.42 Å². The zero-order valence-electron chi connectivity index (χ0n) is 14.2. The first-order valence-electron chi connectivity index (χ1n) is 8.69. The van der Waals surface area contributed by atoms with Gasteiger partial charge in [-0.3, -0.25) is 0 Å². The molecular weight excluding hydrogens is 349 g/mol. The van der Waals surface area contributed by atoms with Gasteiger partial charge < -0.3 is 10.4 Å². The van der Waals surface area contributed by atoms with E-state index in [2.05, 4.69) is 15.5 Å². The molecule has 1 heterocycles. The standard InChI is InChI=1S/C20H20FN3OS/c21-16-9-5-4-8-15(16)12-17-23-24-19(26-17)22-13-20(10-11-20)18(25)14-6-2-1-3-7-14/h1-9,18,25H,10-13H2,(H,22,24). The molecule has 1 saturated carbocycles. The molecule has 4 rings (SSSR count). The number of nitrogens with one attached hydrogen (secondary N) is 1. The van der Waals surface area contributed by atoms with Gasteiger partial charge in [0.1, 0.15) is 10.8 Å². The van der Waals surface area contributed by atoms with Gasteiger partial charge in [0.25, 0.3) is 0 Å². The van der Waals surface area contributed by atoms with Crippen molar-refractivity contribution < 1.29 is 9.50 Å². The lowest BCUT2D eigenvalue weighted by Gasteiger charge is -2.22. The average Bonchev–Trinajstić information content (AvgIpc) is 3.34. The first-order chi connectivity index (χ1) is 12.7. The van der Waals surface area contributed by atoms with Crippen molar-refractivity contribution in [2.24, 2.45) is 5.41 Å². The summed E-state index contributed by atoms with van der Waals surface area (Å²) >= 11 is 1.43. The first-order valence-corrected chi connectivity index (χ1v) is 9.51. The zero-order valence-corrected chi connectivity index (χ0v) is 15.0. The third kappa shape index (κ3) is 3.61. The van der Waals surface area contributed by atoms with E-state index in [0.717, 1.165) is 23.4 Å². The number of hydrogen-bond acceptors (Lipinski definition) is 5. The van der Waals surface area contributed by atoms with E-state index < -0.39 is 6.10 Å². The van der Waals surface area contributed by atoms with Crippen molar-refractivity contribution in [2.45, 2.75) is 25.4 Å². The Morgan fingerprint density at radius 3 is 2.54 bits per heavy atom. The summed E-state index contributed by atoms with van der Waals surface area (Å²) in [7, 11) is 0. The Kier molecular flexibility index (Phi) is 4.70. The highest BCUT2D eigenvalue weighted by atomic mass is 32.1. The third-order valence-electron chi connectivity index (χ3n) is 4.95. The molecule has 1 fully saturated rings. The molecule has 1 atom stereocenters. The fraction of sp³-hybridized carbons (Fsp3) is 0.300. The lowest BCUT2D eigenvalue weighted by molar-refractivity contribution is 0.1000. The van der Waals surface area contributed by atoms with Gasteiger partial charge in [-0.15, -0.1) is 10.2 Å². The van der Waals surface area contributed by atoms with Gasteiger partial charge in [0.15, 0.2) is 0 Å². The van der Waals surface area contributed by atoms with Gasteiger partial charge >= 0.3 is 0 Å². The number of rotatable bonds is 7. The van der Waals surface area contributed by atoms with E-state index in [-0.39, 0.29) is 11.2 Å². The van der Waals surface area contributed by atoms with Crippen LogP contribution in [0.4, 0.5) is 9.52 Å². The number of aliphatic hydroxyl groups is 1. The lowest BCUT2D eigenvalue weighted by atomic mass is 9.93. The second-order valence-electron chi connectivity index (χ2n) is 6.80. The Labute approximate surface area is 155 Å². The minimum absolute atomic E-state index is 0.140. The maximum absolute atomic E-state index is 13.8. The predicted molar refractivity (Wildman–Crippen MR) is 101 cm³/mol. The van der Waals surface area contributed by atoms with Crippen molar-refractivity contribution in [3.8, 4) is 0 Å². The maximum Gasteiger partial charge on any atom is 0.205 e. The van der Waals surface area contributed by atoms with Crippen LogP contribution in [0.3, 0.4) is 0 Å². The number of aliphatic hydroxyl groups excluding tert-OH is 1. The van der Waals surface area contributed by atoms with Crippen molar-refractivity contribution in [1.82, 2.24) is 10.2 Å². The predicted octanol–water partition coefficient (Wildman–Crippen LogP) is 4.19. The molecule has 0 bridgehead atoms. The molecule has 1 unspecified atom stereocenters. The van der Waals surface area contributed by atoms with Crippen LogP contribution in [0.5, 0.6) is 0 Å². The molecule has 0 amide bonds. The third-order valence-corrected chi connectivity index (χ3v) is 5.83. The Hall–Kier alpha value is -2.31. The minimum Gasteiger partial charge on any atom is -0.388 e. The second-order valence-corrected chi connectivity index (χ2v) is 7.86. The number of anilines is 1. The topological polar surface area (TPSA) is 58.0 Å². The van der Waals surface area contributed by atoms with Crippen molar-refractivity contribution in [2.75, 3.05) is 11.9 Å². The summed E-state index contributed by atoms with van der Waals surface area (Å²) in [6.45, 7) is 0.650. The molecule has 6 heteroatoms. The van der Waals surface area contributed by atoms with Crippen molar-refractivity contribution >= 4 is 16.5 Å². The monoisotopic (exact) mass is 369 g/mol. The van der Waals surface area contributed by atoms with E-state index in [0.29, 0.717) is 23.7 Å². The van der Waals surface area contributed by atoms with Crippen LogP contribution in [0.1, 0.15) is 35.1 Å². The fourth-order valence-corrected chi connectivity index (χ4v) is 3.91. The molecular formula is C20H20FN3OS. The van der Waals surface area contributed by atoms with Crippen LogP contribution in [-0.4, -0.2) is 21.8 Å². The molecule has 0 radical (unpaired) electrons. The summed E-state index contributed by atoms with van der Waals surface area (Å²) in [5.74, 6) is -0.222. The summed E-state index contributed by atoms with van der Waals surface area (Å²) in [5, 5.41) is 23.8. The Bertz CT molecular complexity index is 880. The van der Waals surface area contributed by atoms with Gasteiger partial charge in [-0.05, 0) is 30.0 Å². The van der Waals surface area contributed by atoms with Crippen LogP contribution in [0.25, 0.3) is 0 Å². The number of benzene rings is 2. The number of halogens is 1. The highest BCUT2D eigenvalue weighted by molar-refractivity contribution is 7.15. The van der Waals surface area contributed by atoms with Gasteiger partial charge in [-0.2, -0.15) is 0 Å². The molecule has 0 saturated heterocycles. The average molecular weight is 369 g/mol. The lowest BCUT2D eigenvalue weighted by Crippen LogP contribution is -2.23. The van der Waals surface area contributed by atoms with E-state index in [1.54, 1.807) is 12.1 Å². The number of aromatic nitrogens is 2. The van der Waals surface area contributed by atoms with E-state index >= 15 is 0 Å². The Morgan fingerprint density at radius 2 is 1.81 bits per heavy atom. The quantitative estimate of drug-likeness (QED) is 0.655. The SMILES string of the molecule is OC(c1ccccc1)C1(CNc2nnc(Cc3ccccc3F)s2)CC1. The molecule has 0 spiro atoms. The van der Waals surface area contributed by atoms with E-state index in [9.17, 15) is 9.50 Å². The minimum atomic E-state index is -0.484.